The maximum absolute atomic E-state index is 11.6. The van der Waals surface area contributed by atoms with Crippen LogP contribution < -0.4 is 21.3 Å². The summed E-state index contributed by atoms with van der Waals surface area (Å²) in [5, 5.41) is 6.48. The van der Waals surface area contributed by atoms with E-state index in [1.54, 1.807) is 7.05 Å². The van der Waals surface area contributed by atoms with Crippen molar-refractivity contribution in [1.29, 1.82) is 0 Å². The molecule has 7 heteroatoms. The number of nitrogens with zero attached hydrogens (tertiary/aromatic N) is 2. The van der Waals surface area contributed by atoms with Crippen molar-refractivity contribution < 1.29 is 9.53 Å². The minimum atomic E-state index is -0.249. The van der Waals surface area contributed by atoms with Crippen LogP contribution in [0, 0.1) is 0 Å². The topological polar surface area (TPSA) is 99.2 Å². The van der Waals surface area contributed by atoms with Crippen molar-refractivity contribution in [3.05, 3.63) is 22.6 Å². The standard InChI is InChI=1S/C11H18N4O3/c1-13-10(16)3-2-5-15-11(17)7-9(8-14-15)18-6-4-12/h7-8H,2-6,12H2,1H3,(H,13,16). The number of rotatable bonds is 7. The molecule has 1 aromatic heterocycles. The van der Waals surface area contributed by atoms with E-state index < -0.39 is 0 Å². The molecule has 0 fully saturated rings. The van der Waals surface area contributed by atoms with Gasteiger partial charge < -0.3 is 15.8 Å². The lowest BCUT2D eigenvalue weighted by atomic mass is 10.3. The van der Waals surface area contributed by atoms with Crippen LogP contribution in [0.2, 0.25) is 0 Å². The number of nitrogens with two attached hydrogens (primary N) is 1. The molecule has 0 radical (unpaired) electrons. The molecule has 0 atom stereocenters. The van der Waals surface area contributed by atoms with Crippen LogP contribution in [0.3, 0.4) is 0 Å². The molecule has 0 aliphatic heterocycles. The molecule has 18 heavy (non-hydrogen) atoms. The molecule has 100 valence electrons. The summed E-state index contributed by atoms with van der Waals surface area (Å²) >= 11 is 0. The van der Waals surface area contributed by atoms with E-state index in [1.165, 1.54) is 16.9 Å². The zero-order valence-corrected chi connectivity index (χ0v) is 10.4. The molecule has 1 amide bonds. The lowest BCUT2D eigenvalue weighted by molar-refractivity contribution is -0.120. The summed E-state index contributed by atoms with van der Waals surface area (Å²) in [5.74, 6) is 0.360. The normalized spacial score (nSPS) is 10.1. The molecule has 7 nitrogen and oxygen atoms in total. The molecule has 1 aromatic rings. The zero-order valence-electron chi connectivity index (χ0n) is 10.4. The van der Waals surface area contributed by atoms with Gasteiger partial charge in [0.1, 0.15) is 12.4 Å². The third-order valence-electron chi connectivity index (χ3n) is 2.28. The summed E-state index contributed by atoms with van der Waals surface area (Å²) in [4.78, 5) is 22.6. The Kier molecular flexibility index (Phi) is 5.86. The molecule has 0 saturated carbocycles. The Hall–Kier alpha value is -1.89. The maximum Gasteiger partial charge on any atom is 0.270 e. The molecule has 1 heterocycles. The van der Waals surface area contributed by atoms with Crippen LogP contribution in [-0.4, -0.2) is 35.9 Å². The number of carbonyl (C=O) groups is 1. The van der Waals surface area contributed by atoms with Gasteiger partial charge in [-0.2, -0.15) is 5.10 Å². The summed E-state index contributed by atoms with van der Waals surface area (Å²) in [6.45, 7) is 1.14. The Morgan fingerprint density at radius 2 is 2.39 bits per heavy atom. The summed E-state index contributed by atoms with van der Waals surface area (Å²) < 4.78 is 6.49. The molecule has 0 aliphatic rings. The van der Waals surface area contributed by atoms with Gasteiger partial charge in [-0.1, -0.05) is 0 Å². The molecule has 0 bridgehead atoms. The van der Waals surface area contributed by atoms with Crippen molar-refractivity contribution >= 4 is 5.91 Å². The van der Waals surface area contributed by atoms with Gasteiger partial charge in [-0.3, -0.25) is 9.59 Å². The van der Waals surface area contributed by atoms with Gasteiger partial charge in [0.05, 0.1) is 6.20 Å². The Labute approximate surface area is 105 Å². The van der Waals surface area contributed by atoms with Gasteiger partial charge in [0.15, 0.2) is 0 Å². The highest BCUT2D eigenvalue weighted by atomic mass is 16.5. The minimum absolute atomic E-state index is 0.0500. The summed E-state index contributed by atoms with van der Waals surface area (Å²) in [6.07, 6.45) is 2.41. The molecular weight excluding hydrogens is 236 g/mol. The number of hydrogen-bond acceptors (Lipinski definition) is 5. The highest BCUT2D eigenvalue weighted by Crippen LogP contribution is 2.03. The monoisotopic (exact) mass is 254 g/mol. The van der Waals surface area contributed by atoms with E-state index in [-0.39, 0.29) is 11.5 Å². The smallest absolute Gasteiger partial charge is 0.270 e. The van der Waals surface area contributed by atoms with Crippen molar-refractivity contribution in [3.63, 3.8) is 0 Å². The Morgan fingerprint density at radius 3 is 3.00 bits per heavy atom. The van der Waals surface area contributed by atoms with Crippen LogP contribution in [0.4, 0.5) is 0 Å². The van der Waals surface area contributed by atoms with Crippen LogP contribution in [0.1, 0.15) is 12.8 Å². The van der Waals surface area contributed by atoms with Crippen molar-refractivity contribution in [2.24, 2.45) is 5.73 Å². The first-order valence-corrected chi connectivity index (χ1v) is 5.78. The number of carbonyl (C=O) groups excluding carboxylic acids is 1. The van der Waals surface area contributed by atoms with Crippen molar-refractivity contribution in [2.45, 2.75) is 19.4 Å². The highest BCUT2D eigenvalue weighted by Gasteiger charge is 2.02. The first kappa shape index (κ1) is 14.2. The third kappa shape index (κ3) is 4.54. The zero-order chi connectivity index (χ0) is 13.4. The maximum atomic E-state index is 11.6. The van der Waals surface area contributed by atoms with Crippen LogP contribution >= 0.6 is 0 Å². The number of nitrogens with one attached hydrogen (secondary N) is 1. The molecule has 0 spiro atoms. The van der Waals surface area contributed by atoms with Gasteiger partial charge in [0, 0.05) is 32.6 Å². The van der Waals surface area contributed by atoms with Gasteiger partial charge in [0.2, 0.25) is 5.91 Å². The van der Waals surface area contributed by atoms with Gasteiger partial charge in [-0.15, -0.1) is 0 Å². The van der Waals surface area contributed by atoms with E-state index in [4.69, 9.17) is 10.5 Å². The largest absolute Gasteiger partial charge is 0.490 e. The third-order valence-corrected chi connectivity index (χ3v) is 2.28. The lowest BCUT2D eigenvalue weighted by Crippen LogP contribution is -2.24. The number of ether oxygens (including phenoxy) is 1. The Bertz CT molecular complexity index is 444. The number of hydrogen-bond donors (Lipinski definition) is 2. The Morgan fingerprint density at radius 1 is 1.61 bits per heavy atom. The first-order valence-electron chi connectivity index (χ1n) is 5.78. The van der Waals surface area contributed by atoms with Gasteiger partial charge >= 0.3 is 0 Å². The minimum Gasteiger partial charge on any atom is -0.490 e. The second-order valence-corrected chi connectivity index (χ2v) is 3.67. The van der Waals surface area contributed by atoms with Crippen LogP contribution in [0.15, 0.2) is 17.1 Å². The average Bonchev–Trinajstić information content (AvgIpc) is 2.38. The number of aromatic nitrogens is 2. The van der Waals surface area contributed by atoms with Crippen LogP contribution in [0.5, 0.6) is 5.75 Å². The second-order valence-electron chi connectivity index (χ2n) is 3.67. The molecule has 3 N–H and O–H groups in total. The molecule has 0 unspecified atom stereocenters. The van der Waals surface area contributed by atoms with Gasteiger partial charge in [-0.25, -0.2) is 4.68 Å². The molecule has 0 aromatic carbocycles. The molecule has 0 saturated heterocycles. The summed E-state index contributed by atoms with van der Waals surface area (Å²) in [7, 11) is 1.58. The quantitative estimate of drug-likeness (QED) is 0.657. The first-order chi connectivity index (χ1) is 8.67. The van der Waals surface area contributed by atoms with E-state index in [1.807, 2.05) is 0 Å². The highest BCUT2D eigenvalue weighted by molar-refractivity contribution is 5.75. The van der Waals surface area contributed by atoms with Gasteiger partial charge in [0.25, 0.3) is 5.56 Å². The Balaban J connectivity index is 2.52. The van der Waals surface area contributed by atoms with E-state index >= 15 is 0 Å². The summed E-state index contributed by atoms with van der Waals surface area (Å²) in [6, 6.07) is 1.36. The predicted molar refractivity (Wildman–Crippen MR) is 66.3 cm³/mol. The lowest BCUT2D eigenvalue weighted by Gasteiger charge is -2.06. The predicted octanol–water partition coefficient (Wildman–Crippen LogP) is -0.893. The van der Waals surface area contributed by atoms with E-state index in [9.17, 15) is 9.59 Å². The van der Waals surface area contributed by atoms with Crippen molar-refractivity contribution in [3.8, 4) is 5.75 Å². The SMILES string of the molecule is CNC(=O)CCCn1ncc(OCCN)cc1=O. The molecule has 1 rings (SSSR count). The fraction of sp³-hybridized carbons (Fsp3) is 0.545. The fourth-order valence-electron chi connectivity index (χ4n) is 1.35. The van der Waals surface area contributed by atoms with Crippen LogP contribution in [-0.2, 0) is 11.3 Å². The molecule has 0 aliphatic carbocycles. The molecular formula is C11H18N4O3. The number of aryl methyl sites for hydroxylation is 1. The van der Waals surface area contributed by atoms with Crippen molar-refractivity contribution in [1.82, 2.24) is 15.1 Å². The number of amides is 1. The fourth-order valence-corrected chi connectivity index (χ4v) is 1.35. The van der Waals surface area contributed by atoms with Gasteiger partial charge in [-0.05, 0) is 6.42 Å². The second kappa shape index (κ2) is 7.44. The van der Waals surface area contributed by atoms with Crippen LogP contribution in [0.25, 0.3) is 0 Å². The van der Waals surface area contributed by atoms with E-state index in [0.29, 0.717) is 38.3 Å². The summed E-state index contributed by atoms with van der Waals surface area (Å²) in [5.41, 5.74) is 5.04. The van der Waals surface area contributed by atoms with E-state index in [2.05, 4.69) is 10.4 Å². The van der Waals surface area contributed by atoms with E-state index in [0.717, 1.165) is 0 Å². The average molecular weight is 254 g/mol. The van der Waals surface area contributed by atoms with Crippen molar-refractivity contribution in [2.75, 3.05) is 20.2 Å².